The molecule has 2 atom stereocenters. The molecule has 0 radical (unpaired) electrons. The van der Waals surface area contributed by atoms with Gasteiger partial charge in [-0.25, -0.2) is 14.2 Å². The SMILES string of the molecule is COCC(=O)O[C@]1(CCN(C)CCCCCc2nc3ccccc3s2)CCc2cc(F)ccc2[C@@H]1C(C)C.Cl.Cl. The van der Waals surface area contributed by atoms with Gasteiger partial charge in [-0.15, -0.1) is 36.2 Å². The van der Waals surface area contributed by atoms with Crippen LogP contribution in [0.15, 0.2) is 42.5 Å². The van der Waals surface area contributed by atoms with Gasteiger partial charge in [0.2, 0.25) is 0 Å². The van der Waals surface area contributed by atoms with Crippen LogP contribution in [0.2, 0.25) is 0 Å². The average Bonchev–Trinajstić information content (AvgIpc) is 3.30. The first-order valence-corrected chi connectivity index (χ1v) is 14.6. The molecule has 40 heavy (non-hydrogen) atoms. The highest BCUT2D eigenvalue weighted by Crippen LogP contribution is 2.48. The van der Waals surface area contributed by atoms with Crippen molar-refractivity contribution in [2.45, 2.75) is 70.3 Å². The molecule has 0 aliphatic heterocycles. The maximum atomic E-state index is 14.0. The molecule has 0 saturated heterocycles. The predicted octanol–water partition coefficient (Wildman–Crippen LogP) is 7.63. The molecule has 2 aromatic carbocycles. The molecule has 1 aromatic heterocycles. The number of hydrogen-bond acceptors (Lipinski definition) is 6. The number of halogens is 3. The second kappa shape index (κ2) is 16.0. The van der Waals surface area contributed by atoms with Gasteiger partial charge in [-0.05, 0) is 87.0 Å². The minimum atomic E-state index is -0.629. The fourth-order valence-corrected chi connectivity index (χ4v) is 7.03. The summed E-state index contributed by atoms with van der Waals surface area (Å²) in [5, 5.41) is 1.22. The Balaban J connectivity index is 0.00000280. The van der Waals surface area contributed by atoms with E-state index in [1.165, 1.54) is 22.9 Å². The lowest BCUT2D eigenvalue weighted by Gasteiger charge is -2.47. The third-order valence-corrected chi connectivity index (χ3v) is 8.85. The Kier molecular flexibility index (Phi) is 13.8. The highest BCUT2D eigenvalue weighted by atomic mass is 35.5. The largest absolute Gasteiger partial charge is 0.457 e. The highest BCUT2D eigenvalue weighted by molar-refractivity contribution is 7.18. The van der Waals surface area contributed by atoms with Crippen LogP contribution >= 0.6 is 36.2 Å². The quantitative estimate of drug-likeness (QED) is 0.147. The standard InChI is InChI=1S/C31H41FN2O3S.2ClH/c1-22(2)30-25-14-13-24(32)20-23(25)15-16-31(30,37-29(35)21-36-4)17-19-34(3)18-9-5-6-12-28-33-26-10-7-8-11-27(26)38-28;;/h7-8,10-11,13-14,20,22,30H,5-6,9,12,15-19,21H2,1-4H3;2*1H/t30-,31-;;/m0../s1. The molecule has 0 spiro atoms. The van der Waals surface area contributed by atoms with Crippen molar-refractivity contribution in [1.82, 2.24) is 9.88 Å². The molecule has 0 N–H and O–H groups in total. The van der Waals surface area contributed by atoms with Gasteiger partial charge in [-0.2, -0.15) is 0 Å². The van der Waals surface area contributed by atoms with E-state index in [1.54, 1.807) is 17.4 Å². The fraction of sp³-hybridized carbons (Fsp3) is 0.548. The smallest absolute Gasteiger partial charge is 0.332 e. The van der Waals surface area contributed by atoms with Gasteiger partial charge in [0.1, 0.15) is 18.0 Å². The molecule has 1 aliphatic rings. The third kappa shape index (κ3) is 8.62. The zero-order valence-electron chi connectivity index (χ0n) is 24.0. The van der Waals surface area contributed by atoms with E-state index < -0.39 is 5.60 Å². The van der Waals surface area contributed by atoms with Crippen LogP contribution in [0.4, 0.5) is 4.39 Å². The monoisotopic (exact) mass is 612 g/mol. The molecule has 0 fully saturated rings. The Morgan fingerprint density at radius 2 is 1.93 bits per heavy atom. The van der Waals surface area contributed by atoms with Crippen LogP contribution in [0, 0.1) is 11.7 Å². The number of rotatable bonds is 13. The first-order valence-electron chi connectivity index (χ1n) is 13.8. The molecule has 222 valence electrons. The molecular weight excluding hydrogens is 570 g/mol. The van der Waals surface area contributed by atoms with E-state index in [-0.39, 0.29) is 55.0 Å². The van der Waals surface area contributed by atoms with Gasteiger partial charge in [-0.3, -0.25) is 0 Å². The average molecular weight is 614 g/mol. The van der Waals surface area contributed by atoms with E-state index in [0.717, 1.165) is 61.8 Å². The molecule has 0 saturated carbocycles. The third-order valence-electron chi connectivity index (χ3n) is 7.76. The number of para-hydroxylation sites is 1. The van der Waals surface area contributed by atoms with Gasteiger partial charge < -0.3 is 14.4 Å². The summed E-state index contributed by atoms with van der Waals surface area (Å²) in [5.41, 5.74) is 2.61. The molecule has 4 rings (SSSR count). The molecule has 1 heterocycles. The number of esters is 1. The van der Waals surface area contributed by atoms with Gasteiger partial charge in [-0.1, -0.05) is 38.5 Å². The van der Waals surface area contributed by atoms with Crippen molar-refractivity contribution in [3.63, 3.8) is 0 Å². The Bertz CT molecular complexity index is 1190. The van der Waals surface area contributed by atoms with Crippen LogP contribution in [-0.2, 0) is 27.1 Å². The maximum Gasteiger partial charge on any atom is 0.332 e. The number of thiazole rings is 1. The van der Waals surface area contributed by atoms with Crippen molar-refractivity contribution in [3.05, 3.63) is 64.4 Å². The number of fused-ring (bicyclic) bond motifs is 2. The number of carbonyl (C=O) groups is 1. The number of carbonyl (C=O) groups excluding carboxylic acids is 1. The molecule has 3 aromatic rings. The van der Waals surface area contributed by atoms with Crippen LogP contribution in [0.1, 0.15) is 68.0 Å². The number of aryl methyl sites for hydroxylation is 2. The van der Waals surface area contributed by atoms with Crippen molar-refractivity contribution in [1.29, 1.82) is 0 Å². The first kappa shape index (κ1) is 34.4. The minimum absolute atomic E-state index is 0. The number of methoxy groups -OCH3 is 1. The van der Waals surface area contributed by atoms with E-state index in [9.17, 15) is 9.18 Å². The van der Waals surface area contributed by atoms with Crippen molar-refractivity contribution in [2.75, 3.05) is 33.9 Å². The molecular formula is C31H43Cl2FN2O3S. The Hall–Kier alpha value is -1.77. The van der Waals surface area contributed by atoms with Crippen LogP contribution in [-0.4, -0.2) is 55.3 Å². The van der Waals surface area contributed by atoms with Crippen LogP contribution < -0.4 is 0 Å². The van der Waals surface area contributed by atoms with E-state index >= 15 is 0 Å². The molecule has 0 amide bonds. The normalized spacial score (nSPS) is 18.3. The summed E-state index contributed by atoms with van der Waals surface area (Å²) in [4.78, 5) is 19.8. The number of nitrogens with zero attached hydrogens (tertiary/aromatic N) is 2. The Morgan fingerprint density at radius 1 is 1.15 bits per heavy atom. The summed E-state index contributed by atoms with van der Waals surface area (Å²) in [6, 6.07) is 13.4. The Labute approximate surface area is 254 Å². The summed E-state index contributed by atoms with van der Waals surface area (Å²) >= 11 is 1.80. The number of unbranched alkanes of at least 4 members (excludes halogenated alkanes) is 2. The van der Waals surface area contributed by atoms with Gasteiger partial charge in [0.15, 0.2) is 0 Å². The lowest BCUT2D eigenvalue weighted by Crippen LogP contribution is -2.49. The summed E-state index contributed by atoms with van der Waals surface area (Å²) < 4.78 is 26.6. The second-order valence-electron chi connectivity index (χ2n) is 11.0. The van der Waals surface area contributed by atoms with Crippen molar-refractivity contribution in [3.8, 4) is 0 Å². The maximum absolute atomic E-state index is 14.0. The zero-order valence-corrected chi connectivity index (χ0v) is 26.4. The van der Waals surface area contributed by atoms with E-state index in [1.807, 2.05) is 12.1 Å². The zero-order chi connectivity index (χ0) is 27.1. The van der Waals surface area contributed by atoms with E-state index in [2.05, 4.69) is 44.0 Å². The predicted molar refractivity (Wildman–Crippen MR) is 167 cm³/mol. The summed E-state index contributed by atoms with van der Waals surface area (Å²) in [5.74, 6) is -0.295. The molecule has 5 nitrogen and oxygen atoms in total. The van der Waals surface area contributed by atoms with Crippen LogP contribution in [0.3, 0.4) is 0 Å². The summed E-state index contributed by atoms with van der Waals surface area (Å²) in [6.07, 6.45) is 6.57. The van der Waals surface area contributed by atoms with Gasteiger partial charge >= 0.3 is 5.97 Å². The highest BCUT2D eigenvalue weighted by Gasteiger charge is 2.47. The van der Waals surface area contributed by atoms with Crippen LogP contribution in [0.5, 0.6) is 0 Å². The van der Waals surface area contributed by atoms with Crippen molar-refractivity contribution < 1.29 is 18.7 Å². The van der Waals surface area contributed by atoms with E-state index in [0.29, 0.717) is 12.8 Å². The molecule has 1 aliphatic carbocycles. The summed E-state index contributed by atoms with van der Waals surface area (Å²) in [6.45, 7) is 6.09. The first-order chi connectivity index (χ1) is 18.3. The van der Waals surface area contributed by atoms with Crippen LogP contribution in [0.25, 0.3) is 10.2 Å². The molecule has 0 unspecified atom stereocenters. The molecule has 9 heteroatoms. The topological polar surface area (TPSA) is 51.7 Å². The van der Waals surface area contributed by atoms with Gasteiger partial charge in [0.25, 0.3) is 0 Å². The van der Waals surface area contributed by atoms with E-state index in [4.69, 9.17) is 14.5 Å². The Morgan fingerprint density at radius 3 is 2.65 bits per heavy atom. The summed E-state index contributed by atoms with van der Waals surface area (Å²) in [7, 11) is 3.66. The molecule has 0 bridgehead atoms. The number of benzene rings is 2. The second-order valence-corrected chi connectivity index (χ2v) is 12.1. The lowest BCUT2D eigenvalue weighted by molar-refractivity contribution is -0.172. The fourth-order valence-electron chi connectivity index (χ4n) is 6.02. The lowest BCUT2D eigenvalue weighted by atomic mass is 9.65. The number of ether oxygens (including phenoxy) is 2. The van der Waals surface area contributed by atoms with Crippen molar-refractivity contribution >= 4 is 52.3 Å². The van der Waals surface area contributed by atoms with Crippen molar-refractivity contribution in [2.24, 2.45) is 5.92 Å². The minimum Gasteiger partial charge on any atom is -0.457 e. The van der Waals surface area contributed by atoms with Gasteiger partial charge in [0.05, 0.1) is 15.2 Å². The number of hydrogen-bond donors (Lipinski definition) is 0. The van der Waals surface area contributed by atoms with Gasteiger partial charge in [0, 0.05) is 26.0 Å². The number of aromatic nitrogens is 1.